The minimum absolute atomic E-state index is 0.0451. The largest absolute Gasteiger partial charge is 0.377 e. The summed E-state index contributed by atoms with van der Waals surface area (Å²) in [6, 6.07) is 7.72. The Morgan fingerprint density at radius 1 is 1.39 bits per heavy atom. The second-order valence-corrected chi connectivity index (χ2v) is 8.49. The monoisotopic (exact) mass is 380 g/mol. The van der Waals surface area contributed by atoms with E-state index in [1.807, 2.05) is 24.3 Å². The van der Waals surface area contributed by atoms with Crippen molar-refractivity contribution in [2.24, 2.45) is 17.1 Å². The number of hydrogen-bond donors (Lipinski definition) is 2. The zero-order valence-corrected chi connectivity index (χ0v) is 15.5. The molecule has 1 aliphatic heterocycles. The third-order valence-corrected chi connectivity index (χ3v) is 6.06. The molecule has 1 amide bonds. The van der Waals surface area contributed by atoms with Crippen molar-refractivity contribution in [3.63, 3.8) is 0 Å². The quantitative estimate of drug-likeness (QED) is 0.846. The Bertz CT molecular complexity index is 598. The van der Waals surface area contributed by atoms with Crippen LogP contribution < -0.4 is 11.1 Å². The zero-order valence-electron chi connectivity index (χ0n) is 13.9. The van der Waals surface area contributed by atoms with Gasteiger partial charge in [-0.25, -0.2) is 0 Å². The fourth-order valence-corrected chi connectivity index (χ4v) is 4.30. The van der Waals surface area contributed by atoms with E-state index in [1.54, 1.807) is 6.92 Å². The molecule has 0 radical (unpaired) electrons. The van der Waals surface area contributed by atoms with Gasteiger partial charge in [-0.1, -0.05) is 41.9 Å². The maximum Gasteiger partial charge on any atom is 0.244 e. The molecular formula is C18H25BrN2O2. The first kappa shape index (κ1) is 16.9. The number of rotatable bonds is 3. The Morgan fingerprint density at radius 2 is 2.04 bits per heavy atom. The molecule has 3 N–H and O–H groups in total. The van der Waals surface area contributed by atoms with Gasteiger partial charge < -0.3 is 15.8 Å². The van der Waals surface area contributed by atoms with Gasteiger partial charge in [-0.3, -0.25) is 4.79 Å². The van der Waals surface area contributed by atoms with Crippen molar-refractivity contribution in [1.29, 1.82) is 0 Å². The van der Waals surface area contributed by atoms with Crippen molar-refractivity contribution < 1.29 is 9.53 Å². The van der Waals surface area contributed by atoms with Crippen molar-refractivity contribution in [1.82, 2.24) is 5.32 Å². The first-order valence-corrected chi connectivity index (χ1v) is 9.01. The summed E-state index contributed by atoms with van der Waals surface area (Å²) < 4.78 is 6.87. The van der Waals surface area contributed by atoms with Gasteiger partial charge >= 0.3 is 0 Å². The van der Waals surface area contributed by atoms with Crippen LogP contribution in [0.3, 0.4) is 0 Å². The molecule has 0 bridgehead atoms. The minimum Gasteiger partial charge on any atom is -0.377 e. The smallest absolute Gasteiger partial charge is 0.244 e. The van der Waals surface area contributed by atoms with E-state index in [1.165, 1.54) is 0 Å². The van der Waals surface area contributed by atoms with Crippen LogP contribution in [0, 0.1) is 11.3 Å². The van der Waals surface area contributed by atoms with E-state index in [4.69, 9.17) is 10.5 Å². The molecule has 5 heteroatoms. The van der Waals surface area contributed by atoms with Gasteiger partial charge in [0.25, 0.3) is 0 Å². The summed E-state index contributed by atoms with van der Waals surface area (Å²) in [6.07, 6.45) is 2.42. The lowest BCUT2D eigenvalue weighted by atomic mass is 9.55. The lowest BCUT2D eigenvalue weighted by Crippen LogP contribution is -2.71. The van der Waals surface area contributed by atoms with Crippen molar-refractivity contribution in [2.75, 3.05) is 6.61 Å². The van der Waals surface area contributed by atoms with Gasteiger partial charge in [0.05, 0.1) is 6.10 Å². The highest BCUT2D eigenvalue weighted by molar-refractivity contribution is 9.10. The number of fused-ring (bicyclic) bond motifs is 1. The van der Waals surface area contributed by atoms with Crippen LogP contribution in [0.25, 0.3) is 0 Å². The number of amides is 1. The van der Waals surface area contributed by atoms with Crippen LogP contribution >= 0.6 is 15.9 Å². The summed E-state index contributed by atoms with van der Waals surface area (Å²) in [5.74, 6) is 0.283. The highest BCUT2D eigenvalue weighted by atomic mass is 79.9. The summed E-state index contributed by atoms with van der Waals surface area (Å²) in [4.78, 5) is 12.8. The summed E-state index contributed by atoms with van der Waals surface area (Å²) in [7, 11) is 0. The molecule has 1 aromatic rings. The molecule has 1 saturated carbocycles. The van der Waals surface area contributed by atoms with Crippen LogP contribution in [0.2, 0.25) is 0 Å². The van der Waals surface area contributed by atoms with E-state index in [0.717, 1.165) is 29.5 Å². The third-order valence-electron chi connectivity index (χ3n) is 5.53. The standard InChI is InChI=1S/C18H25BrN2O2/c1-17(2)14(13-5-4-10-23-15(13)17)21-16(22)18(3,20)11-6-8-12(19)9-7-11/h6-9,13-15H,4-5,10,20H2,1-3H3,(H,21,22). The second kappa shape index (κ2) is 5.87. The van der Waals surface area contributed by atoms with Crippen molar-refractivity contribution in [3.8, 4) is 0 Å². The number of ether oxygens (including phenoxy) is 1. The third kappa shape index (κ3) is 2.83. The Labute approximate surface area is 146 Å². The van der Waals surface area contributed by atoms with Gasteiger partial charge in [0, 0.05) is 28.5 Å². The van der Waals surface area contributed by atoms with Gasteiger partial charge in [-0.05, 0) is 37.5 Å². The number of carbonyl (C=O) groups excluding carboxylic acids is 1. The molecule has 1 aliphatic carbocycles. The van der Waals surface area contributed by atoms with Crippen LogP contribution in [0.5, 0.6) is 0 Å². The van der Waals surface area contributed by atoms with Gasteiger partial charge in [-0.15, -0.1) is 0 Å². The molecule has 23 heavy (non-hydrogen) atoms. The van der Waals surface area contributed by atoms with Crippen LogP contribution in [-0.4, -0.2) is 24.7 Å². The van der Waals surface area contributed by atoms with E-state index in [-0.39, 0.29) is 23.5 Å². The number of carbonyl (C=O) groups is 1. The first-order chi connectivity index (χ1) is 10.7. The lowest BCUT2D eigenvalue weighted by Gasteiger charge is -2.60. The van der Waals surface area contributed by atoms with E-state index < -0.39 is 5.54 Å². The molecule has 0 aromatic heterocycles. The van der Waals surface area contributed by atoms with Crippen LogP contribution in [-0.2, 0) is 15.1 Å². The van der Waals surface area contributed by atoms with Gasteiger partial charge in [-0.2, -0.15) is 0 Å². The fraction of sp³-hybridized carbons (Fsp3) is 0.611. The van der Waals surface area contributed by atoms with Crippen molar-refractivity contribution in [3.05, 3.63) is 34.3 Å². The SMILES string of the molecule is CC(N)(C(=O)NC1C2CCCOC2C1(C)C)c1ccc(Br)cc1. The summed E-state index contributed by atoms with van der Waals surface area (Å²) in [5, 5.41) is 3.20. The molecule has 2 fully saturated rings. The average Bonchev–Trinajstić information content (AvgIpc) is 2.52. The maximum absolute atomic E-state index is 12.8. The number of halogens is 1. The molecule has 126 valence electrons. The zero-order chi connectivity index (χ0) is 16.8. The molecule has 1 aromatic carbocycles. The van der Waals surface area contributed by atoms with E-state index >= 15 is 0 Å². The molecule has 4 nitrogen and oxygen atoms in total. The summed E-state index contributed by atoms with van der Waals surface area (Å²) in [5.41, 5.74) is 6.08. The Balaban J connectivity index is 1.74. The number of nitrogens with one attached hydrogen (secondary N) is 1. The van der Waals surface area contributed by atoms with Crippen molar-refractivity contribution >= 4 is 21.8 Å². The molecule has 2 aliphatic rings. The highest BCUT2D eigenvalue weighted by Gasteiger charge is 2.58. The van der Waals surface area contributed by atoms with E-state index in [0.29, 0.717) is 5.92 Å². The van der Waals surface area contributed by atoms with E-state index in [2.05, 4.69) is 35.1 Å². The van der Waals surface area contributed by atoms with E-state index in [9.17, 15) is 4.79 Å². The normalized spacial score (nSPS) is 31.4. The van der Waals surface area contributed by atoms with Crippen molar-refractivity contribution in [2.45, 2.75) is 51.3 Å². The van der Waals surface area contributed by atoms with Crippen LogP contribution in [0.4, 0.5) is 0 Å². The van der Waals surface area contributed by atoms with Gasteiger partial charge in [0.2, 0.25) is 5.91 Å². The topological polar surface area (TPSA) is 64.4 Å². The van der Waals surface area contributed by atoms with Gasteiger partial charge in [0.1, 0.15) is 5.54 Å². The Hall–Kier alpha value is -0.910. The molecule has 4 unspecified atom stereocenters. The molecule has 1 heterocycles. The summed E-state index contributed by atoms with van der Waals surface area (Å²) >= 11 is 3.41. The predicted molar refractivity (Wildman–Crippen MR) is 93.9 cm³/mol. The molecule has 4 atom stereocenters. The summed E-state index contributed by atoms with van der Waals surface area (Å²) in [6.45, 7) is 6.93. The minimum atomic E-state index is -1.04. The average molecular weight is 381 g/mol. The maximum atomic E-state index is 12.8. The number of hydrogen-bond acceptors (Lipinski definition) is 3. The number of benzene rings is 1. The fourth-order valence-electron chi connectivity index (χ4n) is 4.03. The van der Waals surface area contributed by atoms with Gasteiger partial charge in [0.15, 0.2) is 0 Å². The second-order valence-electron chi connectivity index (χ2n) is 7.58. The molecule has 3 rings (SSSR count). The first-order valence-electron chi connectivity index (χ1n) is 8.22. The number of nitrogens with two attached hydrogens (primary N) is 1. The Morgan fingerprint density at radius 3 is 2.70 bits per heavy atom. The molecule has 1 saturated heterocycles. The lowest BCUT2D eigenvalue weighted by molar-refractivity contribution is -0.194. The van der Waals surface area contributed by atoms with Crippen LogP contribution in [0.1, 0.15) is 39.2 Å². The Kier molecular flexibility index (Phi) is 4.32. The molecular weight excluding hydrogens is 356 g/mol. The van der Waals surface area contributed by atoms with Crippen LogP contribution in [0.15, 0.2) is 28.7 Å². The predicted octanol–water partition coefficient (Wildman–Crippen LogP) is 2.94. The molecule has 0 spiro atoms. The highest BCUT2D eigenvalue weighted by Crippen LogP contribution is 2.51.